The van der Waals surface area contributed by atoms with E-state index in [4.69, 9.17) is 9.47 Å². The van der Waals surface area contributed by atoms with Gasteiger partial charge in [-0.2, -0.15) is 0 Å². The number of hydrogen-bond acceptors (Lipinski definition) is 8. The molecule has 9 nitrogen and oxygen atoms in total. The second-order valence-corrected chi connectivity index (χ2v) is 13.4. The molecule has 2 saturated heterocycles. The molecule has 0 radical (unpaired) electrons. The number of anilines is 1. The molecule has 3 aromatic rings. The summed E-state index contributed by atoms with van der Waals surface area (Å²) in [4.78, 5) is 48.2. The Morgan fingerprint density at radius 1 is 1.07 bits per heavy atom. The first-order valence-corrected chi connectivity index (χ1v) is 15.8. The van der Waals surface area contributed by atoms with E-state index in [0.717, 1.165) is 63.8 Å². The third-order valence-electron chi connectivity index (χ3n) is 8.02. The van der Waals surface area contributed by atoms with Crippen LogP contribution < -0.4 is 10.2 Å². The van der Waals surface area contributed by atoms with Crippen molar-refractivity contribution in [2.45, 2.75) is 58.1 Å². The van der Waals surface area contributed by atoms with Crippen molar-refractivity contribution < 1.29 is 23.9 Å². The number of fused-ring (bicyclic) bond motifs is 1. The van der Waals surface area contributed by atoms with E-state index in [0.29, 0.717) is 44.7 Å². The molecule has 0 spiro atoms. The first kappa shape index (κ1) is 29.3. The first-order chi connectivity index (χ1) is 20.7. The lowest BCUT2D eigenvalue weighted by atomic mass is 9.91. The zero-order chi connectivity index (χ0) is 30.1. The number of nitrogens with zero attached hydrogens (tertiary/aromatic N) is 3. The highest BCUT2D eigenvalue weighted by Crippen LogP contribution is 2.46. The number of rotatable bonds is 5. The Bertz CT molecular complexity index is 1540. The standard InChI is InChI=1S/C33H38N4O5S/c1-33(2,3)42-32(40)35-24-11-13-37(20-24)30(39)23-7-4-6-21(18-23)26-19-22(10-12-34-26)28-25-8-5-9-27(38)29(25)43-31(28)36-14-16-41-17-15-36/h4,6-7,10,12,18-19,24H,5,8-9,11,13-17,20H2,1-3H3,(H,35,40)/t24-/m1/s1. The number of amides is 2. The van der Waals surface area contributed by atoms with Gasteiger partial charge in [0.15, 0.2) is 5.78 Å². The van der Waals surface area contributed by atoms with Crippen molar-refractivity contribution in [2.24, 2.45) is 0 Å². The number of carbonyl (C=O) groups excluding carboxylic acids is 3. The first-order valence-electron chi connectivity index (χ1n) is 15.0. The maximum Gasteiger partial charge on any atom is 0.407 e. The van der Waals surface area contributed by atoms with Gasteiger partial charge in [-0.25, -0.2) is 4.79 Å². The number of morpholine rings is 1. The zero-order valence-corrected chi connectivity index (χ0v) is 25.8. The number of ketones is 1. The van der Waals surface area contributed by atoms with E-state index in [1.807, 2.05) is 57.3 Å². The molecule has 4 heterocycles. The van der Waals surface area contributed by atoms with E-state index in [1.165, 1.54) is 0 Å². The molecule has 2 fully saturated rings. The topological polar surface area (TPSA) is 101 Å². The van der Waals surface area contributed by atoms with Crippen LogP contribution in [-0.4, -0.2) is 78.7 Å². The van der Waals surface area contributed by atoms with Gasteiger partial charge in [0.1, 0.15) is 5.60 Å². The zero-order valence-electron chi connectivity index (χ0n) is 25.0. The summed E-state index contributed by atoms with van der Waals surface area (Å²) in [5.74, 6) is 0.157. The lowest BCUT2D eigenvalue weighted by molar-refractivity contribution is 0.0502. The van der Waals surface area contributed by atoms with Crippen LogP contribution in [0.2, 0.25) is 0 Å². The predicted molar refractivity (Wildman–Crippen MR) is 167 cm³/mol. The van der Waals surface area contributed by atoms with Gasteiger partial charge in [0.25, 0.3) is 5.91 Å². The molecule has 226 valence electrons. The van der Waals surface area contributed by atoms with E-state index in [1.54, 1.807) is 16.2 Å². The van der Waals surface area contributed by atoms with Crippen LogP contribution in [0.4, 0.5) is 9.80 Å². The van der Waals surface area contributed by atoms with Crippen molar-refractivity contribution in [3.8, 4) is 22.4 Å². The van der Waals surface area contributed by atoms with Crippen LogP contribution in [0, 0.1) is 0 Å². The molecule has 1 aliphatic carbocycles. The summed E-state index contributed by atoms with van der Waals surface area (Å²) in [5, 5.41) is 4.02. The van der Waals surface area contributed by atoms with Crippen LogP contribution in [0.25, 0.3) is 22.4 Å². The fourth-order valence-corrected chi connectivity index (χ4v) is 7.41. The fourth-order valence-electron chi connectivity index (χ4n) is 6.02. The number of likely N-dealkylation sites (tertiary alicyclic amines) is 1. The molecule has 0 saturated carbocycles. The quantitative estimate of drug-likeness (QED) is 0.407. The number of thiophene rings is 1. The molecule has 2 aromatic heterocycles. The second kappa shape index (κ2) is 12.1. The van der Waals surface area contributed by atoms with Crippen molar-refractivity contribution in [3.05, 3.63) is 58.6 Å². The van der Waals surface area contributed by atoms with Gasteiger partial charge in [-0.15, -0.1) is 11.3 Å². The van der Waals surface area contributed by atoms with E-state index in [-0.39, 0.29) is 17.7 Å². The minimum absolute atomic E-state index is 0.0773. The molecule has 2 amide bonds. The van der Waals surface area contributed by atoms with Gasteiger partial charge < -0.3 is 24.6 Å². The highest BCUT2D eigenvalue weighted by molar-refractivity contribution is 7.19. The van der Waals surface area contributed by atoms with E-state index in [9.17, 15) is 14.4 Å². The molecule has 6 rings (SSSR count). The van der Waals surface area contributed by atoms with Crippen molar-refractivity contribution >= 4 is 34.1 Å². The third kappa shape index (κ3) is 6.45. The van der Waals surface area contributed by atoms with Gasteiger partial charge in [-0.05, 0) is 75.4 Å². The summed E-state index contributed by atoms with van der Waals surface area (Å²) in [5.41, 5.74) is 4.94. The van der Waals surface area contributed by atoms with Crippen LogP contribution in [0.3, 0.4) is 0 Å². The number of pyridine rings is 1. The Labute approximate surface area is 256 Å². The lowest BCUT2D eigenvalue weighted by Gasteiger charge is -2.29. The molecule has 2 aliphatic heterocycles. The van der Waals surface area contributed by atoms with Crippen LogP contribution in [0.1, 0.15) is 65.6 Å². The molecule has 0 unspecified atom stereocenters. The second-order valence-electron chi connectivity index (χ2n) is 12.4. The monoisotopic (exact) mass is 602 g/mol. The van der Waals surface area contributed by atoms with E-state index >= 15 is 0 Å². The smallest absolute Gasteiger partial charge is 0.407 e. The Kier molecular flexibility index (Phi) is 8.24. The number of Topliss-reactive ketones (excluding diaryl/α,β-unsaturated/α-hetero) is 1. The van der Waals surface area contributed by atoms with Crippen LogP contribution in [0.15, 0.2) is 42.6 Å². The molecule has 43 heavy (non-hydrogen) atoms. The Hall–Kier alpha value is -3.76. The van der Waals surface area contributed by atoms with Gasteiger partial charge >= 0.3 is 6.09 Å². The molecule has 1 N–H and O–H groups in total. The normalized spacial score (nSPS) is 18.9. The maximum atomic E-state index is 13.5. The molecular formula is C33H38N4O5S. The SMILES string of the molecule is CC(C)(C)OC(=O)N[C@@H]1CCN(C(=O)c2cccc(-c3cc(-c4c(N5CCOCC5)sc5c4CCCC5=O)ccn3)c2)C1. The van der Waals surface area contributed by atoms with Crippen molar-refractivity contribution in [3.63, 3.8) is 0 Å². The number of nitrogens with one attached hydrogen (secondary N) is 1. The fraction of sp³-hybridized carbons (Fsp3) is 0.455. The number of hydrogen-bond donors (Lipinski definition) is 1. The average molecular weight is 603 g/mol. The maximum absolute atomic E-state index is 13.5. The minimum Gasteiger partial charge on any atom is -0.444 e. The van der Waals surface area contributed by atoms with Gasteiger partial charge in [-0.3, -0.25) is 14.6 Å². The van der Waals surface area contributed by atoms with Gasteiger partial charge in [0.05, 0.1) is 34.8 Å². The van der Waals surface area contributed by atoms with Gasteiger partial charge in [-0.1, -0.05) is 12.1 Å². The Morgan fingerprint density at radius 3 is 2.67 bits per heavy atom. The summed E-state index contributed by atoms with van der Waals surface area (Å²) < 4.78 is 11.0. The van der Waals surface area contributed by atoms with Gasteiger partial charge in [0.2, 0.25) is 0 Å². The summed E-state index contributed by atoms with van der Waals surface area (Å²) in [6.45, 7) is 9.42. The van der Waals surface area contributed by atoms with Crippen LogP contribution in [0.5, 0.6) is 0 Å². The number of carbonyl (C=O) groups is 3. The summed E-state index contributed by atoms with van der Waals surface area (Å²) in [7, 11) is 0. The number of alkyl carbamates (subject to hydrolysis) is 1. The molecular weight excluding hydrogens is 564 g/mol. The number of ether oxygens (including phenoxy) is 2. The highest BCUT2D eigenvalue weighted by Gasteiger charge is 2.31. The molecule has 10 heteroatoms. The Morgan fingerprint density at radius 2 is 1.88 bits per heavy atom. The van der Waals surface area contributed by atoms with Crippen molar-refractivity contribution in [2.75, 3.05) is 44.3 Å². The highest BCUT2D eigenvalue weighted by atomic mass is 32.1. The van der Waals surface area contributed by atoms with E-state index < -0.39 is 11.7 Å². The molecule has 0 bridgehead atoms. The van der Waals surface area contributed by atoms with Crippen LogP contribution >= 0.6 is 11.3 Å². The third-order valence-corrected chi connectivity index (χ3v) is 9.35. The average Bonchev–Trinajstić information content (AvgIpc) is 3.62. The molecule has 3 aliphatic rings. The number of benzene rings is 1. The van der Waals surface area contributed by atoms with Crippen molar-refractivity contribution in [1.82, 2.24) is 15.2 Å². The summed E-state index contributed by atoms with van der Waals surface area (Å²) in [6, 6.07) is 11.5. The molecule has 1 aromatic carbocycles. The van der Waals surface area contributed by atoms with E-state index in [2.05, 4.69) is 21.3 Å². The van der Waals surface area contributed by atoms with Gasteiger partial charge in [0, 0.05) is 55.5 Å². The van der Waals surface area contributed by atoms with Crippen LogP contribution in [-0.2, 0) is 15.9 Å². The van der Waals surface area contributed by atoms with Crippen molar-refractivity contribution in [1.29, 1.82) is 0 Å². The lowest BCUT2D eigenvalue weighted by Crippen LogP contribution is -2.41. The summed E-state index contributed by atoms with van der Waals surface area (Å²) in [6.07, 6.45) is 4.38. The number of aromatic nitrogens is 1. The molecule has 1 atom stereocenters. The minimum atomic E-state index is -0.575. The predicted octanol–water partition coefficient (Wildman–Crippen LogP) is 5.57. The Balaban J connectivity index is 1.24. The largest absolute Gasteiger partial charge is 0.444 e. The summed E-state index contributed by atoms with van der Waals surface area (Å²) >= 11 is 1.62.